The summed E-state index contributed by atoms with van der Waals surface area (Å²) >= 11 is 5.51. The Morgan fingerprint density at radius 3 is 2.07 bits per heavy atom. The van der Waals surface area contributed by atoms with E-state index < -0.39 is 11.6 Å². The number of rotatable bonds is 2. The van der Waals surface area contributed by atoms with Gasteiger partial charge < -0.3 is 4.90 Å². The van der Waals surface area contributed by atoms with Crippen molar-refractivity contribution in [1.29, 1.82) is 0 Å². The first-order valence-electron chi connectivity index (χ1n) is 8.96. The van der Waals surface area contributed by atoms with Crippen LogP contribution < -0.4 is 4.90 Å². The summed E-state index contributed by atoms with van der Waals surface area (Å²) in [6.45, 7) is 0.950. The number of hydrogen-bond donors (Lipinski definition) is 0. The number of thiocarbonyl (C=S) groups is 1. The highest BCUT2D eigenvalue weighted by atomic mass is 32.1. The maximum Gasteiger partial charge on any atom is 0.126 e. The molecule has 0 N–H and O–H groups in total. The molecule has 0 spiro atoms. The molecule has 0 saturated carbocycles. The standard InChI is InChI=1S/C22H16F2N2S/c23-19-8-16(9-20(24)10-19)18-7-17(11-25-12-18)15-5-13-1-2-21(27)26-4-3-14(6-15)22(13)26/h5-12H,1-4H2. The van der Waals surface area contributed by atoms with E-state index in [1.165, 1.54) is 28.9 Å². The number of halogens is 2. The number of benzene rings is 2. The summed E-state index contributed by atoms with van der Waals surface area (Å²) in [7, 11) is 0. The Bertz CT molecular complexity index is 1070. The quantitative estimate of drug-likeness (QED) is 0.561. The van der Waals surface area contributed by atoms with Gasteiger partial charge in [-0.05, 0) is 65.4 Å². The van der Waals surface area contributed by atoms with Crippen LogP contribution in [0, 0.1) is 11.6 Å². The highest BCUT2D eigenvalue weighted by Crippen LogP contribution is 2.40. The van der Waals surface area contributed by atoms with E-state index >= 15 is 0 Å². The van der Waals surface area contributed by atoms with Gasteiger partial charge in [0, 0.05) is 48.2 Å². The van der Waals surface area contributed by atoms with E-state index in [-0.39, 0.29) is 0 Å². The lowest BCUT2D eigenvalue weighted by atomic mass is 9.93. The number of aryl methyl sites for hydroxylation is 1. The fourth-order valence-corrected chi connectivity index (χ4v) is 4.39. The minimum Gasteiger partial charge on any atom is -0.335 e. The summed E-state index contributed by atoms with van der Waals surface area (Å²) in [5.74, 6) is -1.18. The van der Waals surface area contributed by atoms with Crippen LogP contribution in [-0.2, 0) is 12.8 Å². The lowest BCUT2D eigenvalue weighted by Gasteiger charge is -2.28. The summed E-state index contributed by atoms with van der Waals surface area (Å²) in [5.41, 5.74) is 7.13. The molecule has 5 rings (SSSR count). The zero-order chi connectivity index (χ0) is 18.5. The van der Waals surface area contributed by atoms with Gasteiger partial charge in [0.25, 0.3) is 0 Å². The molecule has 0 atom stereocenters. The van der Waals surface area contributed by atoms with Gasteiger partial charge in [-0.1, -0.05) is 12.2 Å². The van der Waals surface area contributed by atoms with E-state index in [1.807, 2.05) is 6.07 Å². The Morgan fingerprint density at radius 2 is 1.37 bits per heavy atom. The zero-order valence-electron chi connectivity index (χ0n) is 14.5. The van der Waals surface area contributed by atoms with Crippen molar-refractivity contribution in [2.75, 3.05) is 11.4 Å². The third-order valence-electron chi connectivity index (χ3n) is 5.32. The zero-order valence-corrected chi connectivity index (χ0v) is 15.3. The Balaban J connectivity index is 1.60. The molecule has 3 aromatic rings. The second-order valence-corrected chi connectivity index (χ2v) is 7.53. The van der Waals surface area contributed by atoms with Gasteiger partial charge in [-0.3, -0.25) is 4.98 Å². The van der Waals surface area contributed by atoms with Crippen molar-refractivity contribution >= 4 is 22.9 Å². The Morgan fingerprint density at radius 1 is 0.741 bits per heavy atom. The summed E-state index contributed by atoms with van der Waals surface area (Å²) in [5, 5.41) is 0. The minimum atomic E-state index is -0.589. The molecule has 2 aromatic carbocycles. The number of pyridine rings is 1. The van der Waals surface area contributed by atoms with Crippen LogP contribution in [0.1, 0.15) is 17.5 Å². The van der Waals surface area contributed by atoms with Crippen molar-refractivity contribution in [2.24, 2.45) is 0 Å². The van der Waals surface area contributed by atoms with E-state index in [4.69, 9.17) is 12.2 Å². The average molecular weight is 378 g/mol. The lowest BCUT2D eigenvalue weighted by molar-refractivity contribution is 0.584. The number of hydrogen-bond acceptors (Lipinski definition) is 2. The molecule has 134 valence electrons. The van der Waals surface area contributed by atoms with Gasteiger partial charge >= 0.3 is 0 Å². The van der Waals surface area contributed by atoms with Crippen LogP contribution in [0.15, 0.2) is 48.8 Å². The largest absolute Gasteiger partial charge is 0.335 e. The average Bonchev–Trinajstić information content (AvgIpc) is 3.09. The van der Waals surface area contributed by atoms with Gasteiger partial charge in [0.1, 0.15) is 11.6 Å². The topological polar surface area (TPSA) is 16.1 Å². The van der Waals surface area contributed by atoms with Gasteiger partial charge in [0.05, 0.1) is 4.99 Å². The molecule has 3 heterocycles. The van der Waals surface area contributed by atoms with Crippen LogP contribution >= 0.6 is 12.2 Å². The second-order valence-electron chi connectivity index (χ2n) is 7.06. The van der Waals surface area contributed by atoms with E-state index in [0.717, 1.165) is 48.0 Å². The molecular weight excluding hydrogens is 362 g/mol. The second kappa shape index (κ2) is 6.20. The van der Waals surface area contributed by atoms with Crippen molar-refractivity contribution < 1.29 is 8.78 Å². The van der Waals surface area contributed by atoms with E-state index in [9.17, 15) is 8.78 Å². The Hall–Kier alpha value is -2.66. The predicted molar refractivity (Wildman–Crippen MR) is 107 cm³/mol. The Kier molecular flexibility index (Phi) is 3.79. The van der Waals surface area contributed by atoms with Gasteiger partial charge in [-0.2, -0.15) is 0 Å². The molecule has 0 aliphatic carbocycles. The molecule has 0 fully saturated rings. The fraction of sp³-hybridized carbons (Fsp3) is 0.182. The molecule has 27 heavy (non-hydrogen) atoms. The van der Waals surface area contributed by atoms with Gasteiger partial charge in [-0.25, -0.2) is 8.78 Å². The first-order chi connectivity index (χ1) is 13.1. The molecule has 2 aliphatic heterocycles. The van der Waals surface area contributed by atoms with Crippen LogP contribution in [0.5, 0.6) is 0 Å². The summed E-state index contributed by atoms with van der Waals surface area (Å²) < 4.78 is 27.2. The van der Waals surface area contributed by atoms with Gasteiger partial charge in [-0.15, -0.1) is 0 Å². The number of anilines is 1. The maximum atomic E-state index is 13.6. The number of aromatic nitrogens is 1. The monoisotopic (exact) mass is 378 g/mol. The molecule has 0 amide bonds. The smallest absolute Gasteiger partial charge is 0.126 e. The van der Waals surface area contributed by atoms with E-state index in [1.54, 1.807) is 12.4 Å². The van der Waals surface area contributed by atoms with Gasteiger partial charge in [0.2, 0.25) is 0 Å². The normalized spacial score (nSPS) is 15.2. The van der Waals surface area contributed by atoms with Crippen molar-refractivity contribution in [3.05, 3.63) is 71.6 Å². The maximum absolute atomic E-state index is 13.6. The van der Waals surface area contributed by atoms with Crippen LogP contribution in [0.4, 0.5) is 14.5 Å². The SMILES string of the molecule is Fc1cc(F)cc(-c2cncc(-c3cc4c5c(c3)CCN5C(=S)CC4)c2)c1. The van der Waals surface area contributed by atoms with Crippen LogP contribution in [-0.4, -0.2) is 16.5 Å². The molecule has 0 saturated heterocycles. The summed E-state index contributed by atoms with van der Waals surface area (Å²) in [6.07, 6.45) is 6.28. The van der Waals surface area contributed by atoms with E-state index in [0.29, 0.717) is 11.1 Å². The molecule has 2 aliphatic rings. The summed E-state index contributed by atoms with van der Waals surface area (Å²) in [6, 6.07) is 9.87. The first kappa shape index (κ1) is 16.5. The fourth-order valence-electron chi connectivity index (χ4n) is 4.10. The van der Waals surface area contributed by atoms with Gasteiger partial charge in [0.15, 0.2) is 0 Å². The van der Waals surface area contributed by atoms with Crippen molar-refractivity contribution in [3.63, 3.8) is 0 Å². The van der Waals surface area contributed by atoms with Crippen molar-refractivity contribution in [3.8, 4) is 22.3 Å². The minimum absolute atomic E-state index is 0.487. The molecule has 5 heteroatoms. The predicted octanol–water partition coefficient (Wildman–Crippen LogP) is 5.33. The molecule has 2 nitrogen and oxygen atoms in total. The van der Waals surface area contributed by atoms with Crippen LogP contribution in [0.25, 0.3) is 22.3 Å². The molecule has 0 radical (unpaired) electrons. The Labute approximate surface area is 161 Å². The summed E-state index contributed by atoms with van der Waals surface area (Å²) in [4.78, 5) is 7.61. The van der Waals surface area contributed by atoms with Crippen LogP contribution in [0.3, 0.4) is 0 Å². The van der Waals surface area contributed by atoms with Crippen molar-refractivity contribution in [1.82, 2.24) is 4.98 Å². The molecule has 0 bridgehead atoms. The third-order valence-corrected chi connectivity index (χ3v) is 5.74. The van der Waals surface area contributed by atoms with Crippen LogP contribution in [0.2, 0.25) is 0 Å². The van der Waals surface area contributed by atoms with E-state index in [2.05, 4.69) is 22.0 Å². The molecule has 1 aromatic heterocycles. The third kappa shape index (κ3) is 2.82. The highest BCUT2D eigenvalue weighted by molar-refractivity contribution is 7.80. The lowest BCUT2D eigenvalue weighted by Crippen LogP contribution is -2.31. The number of nitrogens with zero attached hydrogens (tertiary/aromatic N) is 2. The first-order valence-corrected chi connectivity index (χ1v) is 9.37. The van der Waals surface area contributed by atoms with Crippen molar-refractivity contribution in [2.45, 2.75) is 19.3 Å². The molecular formula is C22H16F2N2S. The molecule has 0 unspecified atom stereocenters. The highest BCUT2D eigenvalue weighted by Gasteiger charge is 2.29.